The summed E-state index contributed by atoms with van der Waals surface area (Å²) in [6.07, 6.45) is 5.60. The third-order valence-corrected chi connectivity index (χ3v) is 5.62. The van der Waals surface area contributed by atoms with Gasteiger partial charge >= 0.3 is 0 Å². The van der Waals surface area contributed by atoms with E-state index < -0.39 is 0 Å². The first-order valence-corrected chi connectivity index (χ1v) is 9.22. The van der Waals surface area contributed by atoms with Gasteiger partial charge in [-0.1, -0.05) is 25.1 Å². The molecule has 0 spiro atoms. The van der Waals surface area contributed by atoms with Crippen LogP contribution in [0.25, 0.3) is 0 Å². The van der Waals surface area contributed by atoms with E-state index in [4.69, 9.17) is 0 Å². The summed E-state index contributed by atoms with van der Waals surface area (Å²) in [4.78, 5) is 4.14. The standard InChI is InChI=1S/C19H25NOS.BrH/c1-2-11-20(12-10-17-6-4-13-22-17)16-8-9-18-15(14-16)5-3-7-19(18)21;/h3-7,13,16,21H,2,8-12,14H2,1H3;1H/t16-;/m0./s1. The Bertz CT molecular complexity index is 599. The largest absolute Gasteiger partial charge is 0.508 e. The lowest BCUT2D eigenvalue weighted by Gasteiger charge is -2.35. The van der Waals surface area contributed by atoms with Crippen LogP contribution in [0.1, 0.15) is 35.8 Å². The molecule has 0 amide bonds. The van der Waals surface area contributed by atoms with E-state index in [0.29, 0.717) is 11.8 Å². The van der Waals surface area contributed by atoms with Crippen molar-refractivity contribution >= 4 is 28.3 Å². The molecule has 0 unspecified atom stereocenters. The van der Waals surface area contributed by atoms with Crippen LogP contribution in [0, 0.1) is 0 Å². The molecule has 1 aromatic carbocycles. The number of halogens is 1. The molecule has 4 heteroatoms. The number of phenols is 1. The Morgan fingerprint density at radius 2 is 2.09 bits per heavy atom. The average molecular weight is 396 g/mol. The van der Waals surface area contributed by atoms with Crippen molar-refractivity contribution in [2.45, 2.75) is 45.1 Å². The van der Waals surface area contributed by atoms with Gasteiger partial charge in [-0.3, -0.25) is 4.90 Å². The smallest absolute Gasteiger partial charge is 0.119 e. The van der Waals surface area contributed by atoms with Crippen LogP contribution in [0.4, 0.5) is 0 Å². The predicted molar refractivity (Wildman–Crippen MR) is 104 cm³/mol. The van der Waals surface area contributed by atoms with E-state index in [1.165, 1.54) is 29.0 Å². The maximum absolute atomic E-state index is 10.0. The molecule has 126 valence electrons. The lowest BCUT2D eigenvalue weighted by Crippen LogP contribution is -2.41. The van der Waals surface area contributed by atoms with Crippen molar-refractivity contribution in [1.82, 2.24) is 4.90 Å². The fourth-order valence-electron chi connectivity index (χ4n) is 3.55. The first kappa shape index (κ1) is 18.5. The fraction of sp³-hybridized carbons (Fsp3) is 0.474. The molecule has 23 heavy (non-hydrogen) atoms. The summed E-state index contributed by atoms with van der Waals surface area (Å²) >= 11 is 1.86. The summed E-state index contributed by atoms with van der Waals surface area (Å²) in [5.41, 5.74) is 2.52. The molecule has 0 saturated carbocycles. The van der Waals surface area contributed by atoms with Crippen molar-refractivity contribution in [1.29, 1.82) is 0 Å². The summed E-state index contributed by atoms with van der Waals surface area (Å²) in [5, 5.41) is 12.2. The molecular formula is C19H26BrNOS. The fourth-order valence-corrected chi connectivity index (χ4v) is 4.25. The quantitative estimate of drug-likeness (QED) is 0.755. The molecule has 0 bridgehead atoms. The molecule has 0 aliphatic heterocycles. The molecule has 0 saturated heterocycles. The second-order valence-corrected chi connectivity index (χ2v) is 7.21. The predicted octanol–water partition coefficient (Wildman–Crippen LogP) is 4.84. The molecule has 1 atom stereocenters. The molecule has 1 N–H and O–H groups in total. The van der Waals surface area contributed by atoms with Crippen LogP contribution in [0.2, 0.25) is 0 Å². The van der Waals surface area contributed by atoms with Gasteiger partial charge in [0.2, 0.25) is 0 Å². The van der Waals surface area contributed by atoms with Crippen LogP contribution in [0.3, 0.4) is 0 Å². The second kappa shape index (κ2) is 8.86. The summed E-state index contributed by atoms with van der Waals surface area (Å²) in [5.74, 6) is 0.483. The Morgan fingerprint density at radius 1 is 1.22 bits per heavy atom. The summed E-state index contributed by atoms with van der Waals surface area (Å²) in [6.45, 7) is 4.58. The van der Waals surface area contributed by atoms with Crippen LogP contribution in [0.5, 0.6) is 5.75 Å². The highest BCUT2D eigenvalue weighted by molar-refractivity contribution is 8.93. The van der Waals surface area contributed by atoms with Crippen molar-refractivity contribution in [2.75, 3.05) is 13.1 Å². The zero-order valence-electron chi connectivity index (χ0n) is 13.7. The lowest BCUT2D eigenvalue weighted by atomic mass is 9.86. The highest BCUT2D eigenvalue weighted by atomic mass is 79.9. The molecule has 1 heterocycles. The Balaban J connectivity index is 0.00000192. The van der Waals surface area contributed by atoms with Crippen molar-refractivity contribution in [3.8, 4) is 5.75 Å². The maximum Gasteiger partial charge on any atom is 0.119 e. The van der Waals surface area contributed by atoms with Gasteiger partial charge in [-0.05, 0) is 67.3 Å². The second-order valence-electron chi connectivity index (χ2n) is 6.18. The first-order valence-electron chi connectivity index (χ1n) is 8.34. The van der Waals surface area contributed by atoms with Crippen LogP contribution in [-0.4, -0.2) is 29.1 Å². The van der Waals surface area contributed by atoms with Crippen molar-refractivity contribution in [3.05, 3.63) is 51.7 Å². The zero-order valence-corrected chi connectivity index (χ0v) is 16.2. The van der Waals surface area contributed by atoms with Crippen LogP contribution < -0.4 is 0 Å². The minimum Gasteiger partial charge on any atom is -0.508 e. The minimum absolute atomic E-state index is 0. The Kier molecular flexibility index (Phi) is 7.12. The third kappa shape index (κ3) is 4.59. The third-order valence-electron chi connectivity index (χ3n) is 4.68. The van der Waals surface area contributed by atoms with Gasteiger partial charge in [-0.25, -0.2) is 0 Å². The molecule has 0 fully saturated rings. The van der Waals surface area contributed by atoms with E-state index in [0.717, 1.165) is 32.2 Å². The van der Waals surface area contributed by atoms with Gasteiger partial charge in [-0.2, -0.15) is 0 Å². The molecule has 1 aromatic heterocycles. The summed E-state index contributed by atoms with van der Waals surface area (Å²) in [7, 11) is 0. The summed E-state index contributed by atoms with van der Waals surface area (Å²) in [6, 6.07) is 11.0. The van der Waals surface area contributed by atoms with E-state index >= 15 is 0 Å². The zero-order chi connectivity index (χ0) is 15.4. The minimum atomic E-state index is 0. The Labute approximate surface area is 153 Å². The van der Waals surface area contributed by atoms with Crippen molar-refractivity contribution in [3.63, 3.8) is 0 Å². The molecular weight excluding hydrogens is 370 g/mol. The van der Waals surface area contributed by atoms with Gasteiger partial charge in [-0.15, -0.1) is 28.3 Å². The maximum atomic E-state index is 10.0. The van der Waals surface area contributed by atoms with Crippen molar-refractivity contribution < 1.29 is 5.11 Å². The van der Waals surface area contributed by atoms with Gasteiger partial charge in [0.15, 0.2) is 0 Å². The van der Waals surface area contributed by atoms with E-state index in [-0.39, 0.29) is 17.0 Å². The normalized spacial score (nSPS) is 16.9. The average Bonchev–Trinajstić information content (AvgIpc) is 3.05. The van der Waals surface area contributed by atoms with E-state index in [1.54, 1.807) is 0 Å². The Morgan fingerprint density at radius 3 is 2.83 bits per heavy atom. The number of aromatic hydroxyl groups is 1. The van der Waals surface area contributed by atoms with E-state index in [2.05, 4.69) is 35.4 Å². The number of phenolic OH excluding ortho intramolecular Hbond substituents is 1. The van der Waals surface area contributed by atoms with Gasteiger partial charge in [0, 0.05) is 17.5 Å². The van der Waals surface area contributed by atoms with E-state index in [1.807, 2.05) is 23.5 Å². The molecule has 1 aliphatic rings. The van der Waals surface area contributed by atoms with Crippen molar-refractivity contribution in [2.24, 2.45) is 0 Å². The van der Waals surface area contributed by atoms with Gasteiger partial charge in [0.25, 0.3) is 0 Å². The SMILES string of the molecule is Br.CCCN(CCc1cccs1)[C@H]1CCc2c(O)cccc2C1. The number of thiophene rings is 1. The molecule has 2 nitrogen and oxygen atoms in total. The molecule has 3 rings (SSSR count). The van der Waals surface area contributed by atoms with Crippen LogP contribution in [0.15, 0.2) is 35.7 Å². The van der Waals surface area contributed by atoms with E-state index in [9.17, 15) is 5.11 Å². The highest BCUT2D eigenvalue weighted by Gasteiger charge is 2.25. The van der Waals surface area contributed by atoms with Gasteiger partial charge < -0.3 is 5.11 Å². The topological polar surface area (TPSA) is 23.5 Å². The first-order chi connectivity index (χ1) is 10.8. The number of nitrogens with zero attached hydrogens (tertiary/aromatic N) is 1. The highest BCUT2D eigenvalue weighted by Crippen LogP contribution is 2.30. The monoisotopic (exact) mass is 395 g/mol. The van der Waals surface area contributed by atoms with Crippen LogP contribution in [-0.2, 0) is 19.3 Å². The molecule has 2 aromatic rings. The number of hydrogen-bond acceptors (Lipinski definition) is 3. The molecule has 1 aliphatic carbocycles. The van der Waals surface area contributed by atoms with Crippen LogP contribution >= 0.6 is 28.3 Å². The number of fused-ring (bicyclic) bond motifs is 1. The summed E-state index contributed by atoms with van der Waals surface area (Å²) < 4.78 is 0. The number of rotatable bonds is 6. The lowest BCUT2D eigenvalue weighted by molar-refractivity contribution is 0.181. The molecule has 0 radical (unpaired) electrons. The Hall–Kier alpha value is -0.840. The van der Waals surface area contributed by atoms with Gasteiger partial charge in [0.05, 0.1) is 0 Å². The number of hydrogen-bond donors (Lipinski definition) is 1. The number of benzene rings is 1. The van der Waals surface area contributed by atoms with Gasteiger partial charge in [0.1, 0.15) is 5.75 Å².